The predicted octanol–water partition coefficient (Wildman–Crippen LogP) is 18.9. The first-order valence-electron chi connectivity index (χ1n) is 22.5. The van der Waals surface area contributed by atoms with Crippen LogP contribution in [0.25, 0.3) is 43.1 Å². The lowest BCUT2D eigenvalue weighted by atomic mass is 9.91. The second-order valence-electron chi connectivity index (χ2n) is 16.3. The molecule has 0 unspecified atom stereocenters. The molecule has 23 heteroatoms. The van der Waals surface area contributed by atoms with Gasteiger partial charge >= 0.3 is 0 Å². The van der Waals surface area contributed by atoms with Gasteiger partial charge < -0.3 is 19.7 Å². The molecule has 0 radical (unpaired) electrons. The van der Waals surface area contributed by atoms with Crippen molar-refractivity contribution >= 4 is 87.5 Å². The zero-order chi connectivity index (χ0) is 57.2. The third kappa shape index (κ3) is 8.43. The number of hydrogen-bond acceptors (Lipinski definition) is 6. The van der Waals surface area contributed by atoms with Crippen molar-refractivity contribution < 1.29 is 79.7 Å². The van der Waals surface area contributed by atoms with Crippen LogP contribution in [0.15, 0.2) is 102 Å². The number of nitriles is 2. The lowest BCUT2D eigenvalue weighted by Gasteiger charge is -2.34. The van der Waals surface area contributed by atoms with E-state index in [1.54, 1.807) is 0 Å². The van der Waals surface area contributed by atoms with Gasteiger partial charge in [0.2, 0.25) is 0 Å². The molecule has 12 rings (SSSR count). The summed E-state index contributed by atoms with van der Waals surface area (Å²) in [5.41, 5.74) is -1.38. The molecule has 0 saturated carbocycles. The van der Waals surface area contributed by atoms with E-state index in [-0.39, 0.29) is 22.9 Å². The van der Waals surface area contributed by atoms with E-state index in [2.05, 4.69) is 21.2 Å². The van der Waals surface area contributed by atoms with Crippen LogP contribution in [0.5, 0.6) is 23.0 Å². The van der Waals surface area contributed by atoms with E-state index in [4.69, 9.17) is 14.7 Å². The summed E-state index contributed by atoms with van der Waals surface area (Å²) in [6, 6.07) is 29.9. The highest BCUT2D eigenvalue weighted by molar-refractivity contribution is 9.10. The fourth-order valence-corrected chi connectivity index (χ4v) is 9.54. The van der Waals surface area contributed by atoms with E-state index in [0.29, 0.717) is 0 Å². The number of anilines is 5. The molecule has 0 bridgehead atoms. The number of nitrogens with zero attached hydrogens (tertiary/aromatic N) is 3. The Hall–Kier alpha value is -9.22. The first kappa shape index (κ1) is 54.6. The van der Waals surface area contributed by atoms with Crippen LogP contribution in [0.1, 0.15) is 25.0 Å². The molecule has 0 aromatic heterocycles. The number of ether oxygens (including phenoxy) is 2. The third-order valence-corrected chi connectivity index (χ3v) is 12.9. The summed E-state index contributed by atoms with van der Waals surface area (Å²) < 4.78 is 240. The lowest BCUT2D eigenvalue weighted by Crippen LogP contribution is -2.19. The van der Waals surface area contributed by atoms with Crippen LogP contribution in [0.3, 0.4) is 0 Å². The van der Waals surface area contributed by atoms with Crippen molar-refractivity contribution in [1.29, 1.82) is 10.5 Å². The summed E-state index contributed by atoms with van der Waals surface area (Å²) >= 11 is 2.53. The minimum atomic E-state index is -2.34. The molecule has 2 aliphatic rings. The molecule has 10 aromatic carbocycles. The van der Waals surface area contributed by atoms with Crippen molar-refractivity contribution in [2.24, 2.45) is 0 Å². The summed E-state index contributed by atoms with van der Waals surface area (Å²) in [6.45, 7) is 4.00. The van der Waals surface area contributed by atoms with Crippen LogP contribution in [-0.2, 0) is 0 Å². The molecule has 0 fully saturated rings. The van der Waals surface area contributed by atoms with Crippen molar-refractivity contribution in [3.05, 3.63) is 206 Å². The maximum atomic E-state index is 15.5. The molecule has 0 aliphatic carbocycles. The average Bonchev–Trinajstić information content (AvgIpc) is 3.57. The fraction of sp³-hybridized carbons (Fsp3) is 0.0357. The largest absolute Gasteiger partial charge is 0.453 e. The maximum Gasteiger partial charge on any atom is 0.198 e. The Morgan fingerprint density at radius 1 is 0.354 bits per heavy atom. The van der Waals surface area contributed by atoms with Gasteiger partial charge in [0, 0.05) is 47.6 Å². The molecule has 10 aromatic rings. The lowest BCUT2D eigenvalue weighted by molar-refractivity contribution is 0.416. The van der Waals surface area contributed by atoms with Crippen molar-refractivity contribution in [3.63, 3.8) is 0 Å². The molecule has 0 atom stereocenters. The molecule has 79 heavy (non-hydrogen) atoms. The minimum absolute atomic E-state index is 0.00686. The Morgan fingerprint density at radius 3 is 0.937 bits per heavy atom. The van der Waals surface area contributed by atoms with Crippen molar-refractivity contribution in [2.75, 3.05) is 10.2 Å². The summed E-state index contributed by atoms with van der Waals surface area (Å²) in [5, 5.41) is 12.3. The standard InChI is InChI=1S/C27H8F8N2O.C15BrF8N.C12H9NO.C2H6/c28-19-15-10(9-36)16-18(22(31)26(35)24(33)20(16)29)27(17(15)21(30)25(34)23(19)32)37-11-5-1-3-7-13(11)38-14-8-4-2-6-12(14)37;16-7-5-3(8(17)12(21)14(23)10(5)19)2(1-25)4-6(7)11(20)15(24)13(22)9(4)18;1-3-7-11-9(5-1)13-10-6-2-4-8-12(10)14-11;1-2/h1-8H;;1-8,13H;1-2H3. The van der Waals surface area contributed by atoms with Gasteiger partial charge in [0.05, 0.1) is 39.6 Å². The van der Waals surface area contributed by atoms with Crippen LogP contribution in [0.4, 0.5) is 98.7 Å². The molecule has 6 nitrogen and oxygen atoms in total. The zero-order valence-electron chi connectivity index (χ0n) is 39.3. The number of rotatable bonds is 1. The average molecular weight is 1170 g/mol. The highest BCUT2D eigenvalue weighted by Gasteiger charge is 2.38. The van der Waals surface area contributed by atoms with E-state index in [0.717, 1.165) is 33.8 Å². The molecule has 2 heterocycles. The minimum Gasteiger partial charge on any atom is -0.453 e. The van der Waals surface area contributed by atoms with E-state index >= 15 is 17.6 Å². The highest BCUT2D eigenvalue weighted by atomic mass is 79.9. The normalized spacial score (nSPS) is 11.7. The summed E-state index contributed by atoms with van der Waals surface area (Å²) in [5.74, 6) is -33.2. The second-order valence-corrected chi connectivity index (χ2v) is 17.0. The molecule has 1 N–H and O–H groups in total. The van der Waals surface area contributed by atoms with Crippen molar-refractivity contribution in [3.8, 4) is 35.1 Å². The number of para-hydroxylation sites is 8. The fourth-order valence-electron chi connectivity index (χ4n) is 8.80. The van der Waals surface area contributed by atoms with Crippen LogP contribution in [0.2, 0.25) is 0 Å². The molecule has 2 aliphatic heterocycles. The van der Waals surface area contributed by atoms with Crippen LogP contribution in [0, 0.1) is 116 Å². The number of fused-ring (bicyclic) bond motifs is 8. The van der Waals surface area contributed by atoms with E-state index in [1.165, 1.54) is 54.6 Å². The first-order chi connectivity index (χ1) is 37.8. The smallest absolute Gasteiger partial charge is 0.198 e. The van der Waals surface area contributed by atoms with Gasteiger partial charge in [-0.2, -0.15) is 10.5 Å². The molecule has 0 amide bonds. The topological polar surface area (TPSA) is 81.3 Å². The van der Waals surface area contributed by atoms with Gasteiger partial charge in [-0.3, -0.25) is 0 Å². The Balaban J connectivity index is 0.000000157. The van der Waals surface area contributed by atoms with Gasteiger partial charge in [-0.05, 0) is 64.5 Å². The van der Waals surface area contributed by atoms with Gasteiger partial charge in [-0.1, -0.05) is 62.4 Å². The molecule has 0 saturated heterocycles. The number of hydrogen-bond donors (Lipinski definition) is 1. The molecular formula is C56H23BrF16N4O2. The van der Waals surface area contributed by atoms with Crippen molar-refractivity contribution in [2.45, 2.75) is 13.8 Å². The SMILES string of the molecule is CC.N#Cc1c2c(F)c(F)c(F)c(F)c2c(Br)c2c(F)c(F)c(F)c(F)c12.N#Cc1c2c(F)c(F)c(F)c(F)c2c(N2c3ccccc3Oc3ccccc32)c2c(F)c(F)c(F)c(F)c12.c1ccc2c(c1)Nc1ccccc1O2. The molecule has 0 spiro atoms. The third-order valence-electron chi connectivity index (χ3n) is 12.1. The first-order valence-corrected chi connectivity index (χ1v) is 23.2. The van der Waals surface area contributed by atoms with Crippen LogP contribution >= 0.6 is 15.9 Å². The van der Waals surface area contributed by atoms with Crippen LogP contribution in [-0.4, -0.2) is 0 Å². The van der Waals surface area contributed by atoms with E-state index in [9.17, 15) is 57.9 Å². The van der Waals surface area contributed by atoms with Crippen LogP contribution < -0.4 is 19.7 Å². The Bertz CT molecular complexity index is 4060. The molecule has 398 valence electrons. The second kappa shape index (κ2) is 21.0. The van der Waals surface area contributed by atoms with E-state index in [1.807, 2.05) is 62.4 Å². The monoisotopic (exact) mass is 1170 g/mol. The van der Waals surface area contributed by atoms with E-state index < -0.39 is 157 Å². The predicted molar refractivity (Wildman–Crippen MR) is 262 cm³/mol. The zero-order valence-corrected chi connectivity index (χ0v) is 40.9. The number of benzene rings is 10. The molecular weight excluding hydrogens is 1140 g/mol. The number of nitrogens with one attached hydrogen (secondary N) is 1. The quantitative estimate of drug-likeness (QED) is 0.0763. The van der Waals surface area contributed by atoms with Gasteiger partial charge in [0.1, 0.15) is 12.1 Å². The van der Waals surface area contributed by atoms with Crippen molar-refractivity contribution in [1.82, 2.24) is 0 Å². The Labute approximate surface area is 441 Å². The summed E-state index contributed by atoms with van der Waals surface area (Å²) in [6.07, 6.45) is 0. The highest BCUT2D eigenvalue weighted by Crippen LogP contribution is 2.56. The Morgan fingerprint density at radius 2 is 0.608 bits per heavy atom. The summed E-state index contributed by atoms with van der Waals surface area (Å²) in [7, 11) is 0. The van der Waals surface area contributed by atoms with Gasteiger partial charge in [-0.15, -0.1) is 0 Å². The maximum absolute atomic E-state index is 15.5. The number of halogens is 17. The van der Waals surface area contributed by atoms with Gasteiger partial charge in [-0.25, -0.2) is 70.2 Å². The van der Waals surface area contributed by atoms with Gasteiger partial charge in [0.25, 0.3) is 0 Å². The Kier molecular flexibility index (Phi) is 14.5. The summed E-state index contributed by atoms with van der Waals surface area (Å²) in [4.78, 5) is 0.986. The van der Waals surface area contributed by atoms with Gasteiger partial charge in [0.15, 0.2) is 116 Å².